The summed E-state index contributed by atoms with van der Waals surface area (Å²) in [6, 6.07) is 8.22. The molecule has 0 aliphatic rings. The molecule has 3 aromatic rings. The fraction of sp³-hybridized carbons (Fsp3) is 0.0588. The monoisotopic (exact) mass is 405 g/mol. The molecule has 0 fully saturated rings. The van der Waals surface area contributed by atoms with E-state index in [1.165, 1.54) is 24.3 Å². The topological polar surface area (TPSA) is 154 Å². The molecule has 2 aromatic carbocycles. The SMILES string of the molecule is Cc1ccc(S(=O)(=O)Oc2ccc3c(=O)cc(C(=O)O)oc3c2[N+](=O)[O-])cc1. The number of fused-ring (bicyclic) bond motifs is 1. The Morgan fingerprint density at radius 1 is 1.18 bits per heavy atom. The van der Waals surface area contributed by atoms with Crippen molar-refractivity contribution in [2.24, 2.45) is 0 Å². The van der Waals surface area contributed by atoms with Crippen molar-refractivity contribution in [1.29, 1.82) is 0 Å². The van der Waals surface area contributed by atoms with Gasteiger partial charge >= 0.3 is 21.8 Å². The van der Waals surface area contributed by atoms with Gasteiger partial charge in [-0.25, -0.2) is 4.79 Å². The molecule has 1 aromatic heterocycles. The molecule has 0 unspecified atom stereocenters. The summed E-state index contributed by atoms with van der Waals surface area (Å²) in [4.78, 5) is 33.4. The number of hydrogen-bond donors (Lipinski definition) is 1. The van der Waals surface area contributed by atoms with Gasteiger partial charge in [0.25, 0.3) is 0 Å². The molecule has 0 amide bonds. The third-order valence-corrected chi connectivity index (χ3v) is 4.99. The number of carbonyl (C=O) groups is 1. The first-order valence-electron chi connectivity index (χ1n) is 7.60. The predicted molar refractivity (Wildman–Crippen MR) is 95.1 cm³/mol. The molecule has 11 heteroatoms. The zero-order chi connectivity index (χ0) is 20.6. The van der Waals surface area contributed by atoms with Crippen LogP contribution in [0.5, 0.6) is 5.75 Å². The normalized spacial score (nSPS) is 11.3. The molecule has 1 heterocycles. The van der Waals surface area contributed by atoms with E-state index in [1.807, 2.05) is 0 Å². The van der Waals surface area contributed by atoms with Crippen molar-refractivity contribution in [3.05, 3.63) is 74.1 Å². The number of hydrogen-bond acceptors (Lipinski definition) is 8. The lowest BCUT2D eigenvalue weighted by Crippen LogP contribution is -2.12. The van der Waals surface area contributed by atoms with Crippen molar-refractivity contribution in [3.8, 4) is 5.75 Å². The fourth-order valence-electron chi connectivity index (χ4n) is 2.40. The molecule has 0 saturated heterocycles. The Morgan fingerprint density at radius 2 is 1.82 bits per heavy atom. The van der Waals surface area contributed by atoms with Crippen LogP contribution >= 0.6 is 0 Å². The van der Waals surface area contributed by atoms with Crippen LogP contribution in [0.25, 0.3) is 11.0 Å². The number of aromatic carboxylic acids is 1. The number of carboxylic acid groups (broad SMARTS) is 1. The van der Waals surface area contributed by atoms with E-state index in [4.69, 9.17) is 13.7 Å². The van der Waals surface area contributed by atoms with Crippen LogP contribution in [0.3, 0.4) is 0 Å². The summed E-state index contributed by atoms with van der Waals surface area (Å²) in [6.45, 7) is 1.74. The molecule has 0 radical (unpaired) electrons. The molecule has 0 bridgehead atoms. The zero-order valence-electron chi connectivity index (χ0n) is 14.1. The second-order valence-corrected chi connectivity index (χ2v) is 7.22. The summed E-state index contributed by atoms with van der Waals surface area (Å²) in [5.74, 6) is -3.17. The summed E-state index contributed by atoms with van der Waals surface area (Å²) in [5.41, 5.74) is -1.73. The van der Waals surface area contributed by atoms with E-state index in [1.54, 1.807) is 6.92 Å². The summed E-state index contributed by atoms with van der Waals surface area (Å²) in [7, 11) is -4.43. The Morgan fingerprint density at radius 3 is 2.39 bits per heavy atom. The maximum atomic E-state index is 12.4. The molecule has 144 valence electrons. The van der Waals surface area contributed by atoms with Crippen LogP contribution in [-0.2, 0) is 10.1 Å². The Labute approximate surface area is 156 Å². The highest BCUT2D eigenvalue weighted by Crippen LogP contribution is 2.36. The molecular formula is C17H11NO9S. The van der Waals surface area contributed by atoms with Gasteiger partial charge in [0.2, 0.25) is 17.1 Å². The van der Waals surface area contributed by atoms with Crippen LogP contribution in [0.15, 0.2) is 56.6 Å². The molecule has 0 saturated carbocycles. The van der Waals surface area contributed by atoms with Gasteiger partial charge in [0.05, 0.1) is 10.3 Å². The first kappa shape index (κ1) is 19.0. The van der Waals surface area contributed by atoms with Crippen LogP contribution in [0, 0.1) is 17.0 Å². The Balaban J connectivity index is 2.22. The van der Waals surface area contributed by atoms with Gasteiger partial charge in [-0.1, -0.05) is 17.7 Å². The van der Waals surface area contributed by atoms with E-state index >= 15 is 0 Å². The van der Waals surface area contributed by atoms with Gasteiger partial charge in [-0.05, 0) is 31.2 Å². The molecule has 0 aliphatic heterocycles. The Kier molecular flexibility index (Phi) is 4.61. The number of rotatable bonds is 5. The van der Waals surface area contributed by atoms with E-state index in [2.05, 4.69) is 0 Å². The smallest absolute Gasteiger partial charge is 0.371 e. The van der Waals surface area contributed by atoms with Crippen molar-refractivity contribution in [2.75, 3.05) is 0 Å². The van der Waals surface area contributed by atoms with Crippen LogP contribution in [-0.4, -0.2) is 24.4 Å². The van der Waals surface area contributed by atoms with E-state index in [0.717, 1.165) is 17.7 Å². The molecule has 28 heavy (non-hydrogen) atoms. The maximum Gasteiger partial charge on any atom is 0.371 e. The standard InChI is InChI=1S/C17H11NO9S/c1-9-2-4-10(5-3-9)28(24,25)27-13-7-6-11-12(19)8-14(17(20)21)26-16(11)15(13)18(22)23/h2-8H,1H3,(H,20,21). The van der Waals surface area contributed by atoms with Gasteiger partial charge in [-0.3, -0.25) is 14.9 Å². The van der Waals surface area contributed by atoms with Crippen molar-refractivity contribution in [1.82, 2.24) is 0 Å². The molecule has 0 aliphatic carbocycles. The molecule has 0 atom stereocenters. The largest absolute Gasteiger partial charge is 0.475 e. The van der Waals surface area contributed by atoms with Crippen LogP contribution < -0.4 is 9.61 Å². The minimum absolute atomic E-state index is 0.242. The summed E-state index contributed by atoms with van der Waals surface area (Å²) in [5, 5.41) is 20.2. The quantitative estimate of drug-likeness (QED) is 0.383. The first-order valence-corrected chi connectivity index (χ1v) is 9.00. The minimum Gasteiger partial charge on any atom is -0.475 e. The number of nitrogens with zero attached hydrogens (tertiary/aromatic N) is 1. The van der Waals surface area contributed by atoms with Gasteiger partial charge < -0.3 is 13.7 Å². The molecule has 3 rings (SSSR count). The van der Waals surface area contributed by atoms with Gasteiger partial charge in [0.1, 0.15) is 4.90 Å². The average Bonchev–Trinajstić information content (AvgIpc) is 2.60. The molecular weight excluding hydrogens is 394 g/mol. The number of nitro groups is 1. The third kappa shape index (κ3) is 3.42. The predicted octanol–water partition coefficient (Wildman–Crippen LogP) is 2.48. The van der Waals surface area contributed by atoms with Crippen molar-refractivity contribution in [3.63, 3.8) is 0 Å². The molecule has 0 spiro atoms. The van der Waals surface area contributed by atoms with Gasteiger partial charge in [0, 0.05) is 6.07 Å². The Bertz CT molecular complexity index is 1270. The van der Waals surface area contributed by atoms with Crippen molar-refractivity contribution in [2.45, 2.75) is 11.8 Å². The minimum atomic E-state index is -4.43. The van der Waals surface area contributed by atoms with Crippen LogP contribution in [0.4, 0.5) is 5.69 Å². The van der Waals surface area contributed by atoms with E-state index in [9.17, 15) is 28.1 Å². The highest BCUT2D eigenvalue weighted by atomic mass is 32.2. The highest BCUT2D eigenvalue weighted by Gasteiger charge is 2.29. The molecule has 10 nitrogen and oxygen atoms in total. The highest BCUT2D eigenvalue weighted by molar-refractivity contribution is 7.87. The van der Waals surface area contributed by atoms with Crippen LogP contribution in [0.1, 0.15) is 16.1 Å². The van der Waals surface area contributed by atoms with Crippen LogP contribution in [0.2, 0.25) is 0 Å². The summed E-state index contributed by atoms with van der Waals surface area (Å²) >= 11 is 0. The summed E-state index contributed by atoms with van der Waals surface area (Å²) < 4.78 is 34.7. The second-order valence-electron chi connectivity index (χ2n) is 5.68. The number of carboxylic acids is 1. The van der Waals surface area contributed by atoms with E-state index < -0.39 is 49.2 Å². The average molecular weight is 405 g/mol. The van der Waals surface area contributed by atoms with Gasteiger partial charge in [0.15, 0.2) is 5.43 Å². The zero-order valence-corrected chi connectivity index (χ0v) is 14.9. The number of aryl methyl sites for hydroxylation is 1. The summed E-state index contributed by atoms with van der Waals surface area (Å²) in [6.07, 6.45) is 0. The van der Waals surface area contributed by atoms with Crippen molar-refractivity contribution < 1.29 is 31.8 Å². The first-order chi connectivity index (χ1) is 13.1. The lowest BCUT2D eigenvalue weighted by Gasteiger charge is -2.09. The lowest BCUT2D eigenvalue weighted by molar-refractivity contribution is -0.384. The lowest BCUT2D eigenvalue weighted by atomic mass is 10.2. The molecule has 1 N–H and O–H groups in total. The number of benzene rings is 2. The third-order valence-electron chi connectivity index (χ3n) is 3.74. The van der Waals surface area contributed by atoms with Gasteiger partial charge in [-0.2, -0.15) is 8.42 Å². The van der Waals surface area contributed by atoms with E-state index in [0.29, 0.717) is 6.07 Å². The second kappa shape index (κ2) is 6.78. The fourth-order valence-corrected chi connectivity index (χ4v) is 3.34. The maximum absolute atomic E-state index is 12.4. The Hall–Kier alpha value is -3.73. The van der Waals surface area contributed by atoms with Gasteiger partial charge in [-0.15, -0.1) is 0 Å². The number of nitro benzene ring substituents is 1. The van der Waals surface area contributed by atoms with Crippen molar-refractivity contribution >= 4 is 32.7 Å². The van der Waals surface area contributed by atoms with E-state index in [-0.39, 0.29) is 10.3 Å².